The molecule has 0 unspecified atom stereocenters. The molecule has 0 radical (unpaired) electrons. The summed E-state index contributed by atoms with van der Waals surface area (Å²) < 4.78 is 0. The molecule has 1 aromatic carbocycles. The minimum atomic E-state index is 0.127. The van der Waals surface area contributed by atoms with E-state index in [9.17, 15) is 4.79 Å². The summed E-state index contributed by atoms with van der Waals surface area (Å²) in [5, 5.41) is 0.803. The highest BCUT2D eigenvalue weighted by Gasteiger charge is 2.05. The fourth-order valence-corrected chi connectivity index (χ4v) is 2.06. The van der Waals surface area contributed by atoms with Gasteiger partial charge in [-0.25, -0.2) is 0 Å². The molecular formula is C13H15ClOS. The molecule has 0 saturated carbocycles. The van der Waals surface area contributed by atoms with E-state index in [4.69, 9.17) is 11.6 Å². The lowest BCUT2D eigenvalue weighted by molar-refractivity contribution is -0.107. The Morgan fingerprint density at radius 3 is 2.75 bits per heavy atom. The van der Waals surface area contributed by atoms with Gasteiger partial charge in [-0.15, -0.1) is 0 Å². The predicted molar refractivity (Wildman–Crippen MR) is 72.9 cm³/mol. The first-order chi connectivity index (χ1) is 7.65. The van der Waals surface area contributed by atoms with Crippen molar-refractivity contribution in [2.45, 2.75) is 20.3 Å². The molecule has 0 saturated heterocycles. The van der Waals surface area contributed by atoms with Gasteiger partial charge in [-0.3, -0.25) is 4.79 Å². The van der Waals surface area contributed by atoms with E-state index in [1.54, 1.807) is 0 Å². The molecule has 0 aliphatic rings. The number of halogens is 1. The highest BCUT2D eigenvalue weighted by molar-refractivity contribution is 8.14. The van der Waals surface area contributed by atoms with Gasteiger partial charge in [-0.1, -0.05) is 48.5 Å². The van der Waals surface area contributed by atoms with Crippen molar-refractivity contribution >= 4 is 34.6 Å². The van der Waals surface area contributed by atoms with Crippen LogP contribution in [0.2, 0.25) is 5.02 Å². The van der Waals surface area contributed by atoms with Gasteiger partial charge >= 0.3 is 0 Å². The van der Waals surface area contributed by atoms with Crippen molar-refractivity contribution in [1.82, 2.24) is 0 Å². The first-order valence-electron chi connectivity index (χ1n) is 5.25. The first kappa shape index (κ1) is 13.3. The fourth-order valence-electron chi connectivity index (χ4n) is 1.19. The van der Waals surface area contributed by atoms with Crippen LogP contribution < -0.4 is 0 Å². The lowest BCUT2D eigenvalue weighted by atomic mass is 10.1. The van der Waals surface area contributed by atoms with Crippen LogP contribution in [0.25, 0.3) is 6.08 Å². The average molecular weight is 255 g/mol. The van der Waals surface area contributed by atoms with Crippen LogP contribution in [0.4, 0.5) is 0 Å². The maximum absolute atomic E-state index is 11.7. The Kier molecular flexibility index (Phi) is 5.64. The molecule has 1 rings (SSSR count). The van der Waals surface area contributed by atoms with E-state index in [1.807, 2.05) is 37.3 Å². The molecule has 0 aliphatic heterocycles. The van der Waals surface area contributed by atoms with Crippen LogP contribution >= 0.6 is 23.4 Å². The third-order valence-corrected chi connectivity index (χ3v) is 3.58. The molecule has 0 atom stereocenters. The third-order valence-electron chi connectivity index (χ3n) is 2.04. The monoisotopic (exact) mass is 254 g/mol. The van der Waals surface area contributed by atoms with Gasteiger partial charge < -0.3 is 0 Å². The fraction of sp³-hybridized carbons (Fsp3) is 0.308. The van der Waals surface area contributed by atoms with Crippen LogP contribution in [0.15, 0.2) is 29.8 Å². The van der Waals surface area contributed by atoms with E-state index in [0.29, 0.717) is 5.02 Å². The van der Waals surface area contributed by atoms with E-state index in [-0.39, 0.29) is 5.12 Å². The van der Waals surface area contributed by atoms with E-state index in [1.165, 1.54) is 11.8 Å². The van der Waals surface area contributed by atoms with Crippen molar-refractivity contribution < 1.29 is 4.79 Å². The molecule has 1 nitrogen and oxygen atoms in total. The summed E-state index contributed by atoms with van der Waals surface area (Å²) in [6.45, 7) is 3.89. The molecule has 0 fully saturated rings. The van der Waals surface area contributed by atoms with Gasteiger partial charge in [-0.2, -0.15) is 0 Å². The summed E-state index contributed by atoms with van der Waals surface area (Å²) in [6, 6.07) is 7.52. The number of benzene rings is 1. The second-order valence-electron chi connectivity index (χ2n) is 3.48. The van der Waals surface area contributed by atoms with Gasteiger partial charge in [0.05, 0.1) is 0 Å². The zero-order valence-electron chi connectivity index (χ0n) is 9.50. The molecule has 0 bridgehead atoms. The largest absolute Gasteiger partial charge is 0.282 e. The second kappa shape index (κ2) is 6.77. The smallest absolute Gasteiger partial charge is 0.215 e. The Morgan fingerprint density at radius 1 is 1.44 bits per heavy atom. The number of carbonyl (C=O) groups is 1. The topological polar surface area (TPSA) is 17.1 Å². The maximum Gasteiger partial charge on any atom is 0.215 e. The van der Waals surface area contributed by atoms with Crippen molar-refractivity contribution in [3.8, 4) is 0 Å². The maximum atomic E-state index is 11.7. The Hall–Kier alpha value is -0.730. The van der Waals surface area contributed by atoms with Crippen molar-refractivity contribution in [1.29, 1.82) is 0 Å². The molecule has 3 heteroatoms. The van der Waals surface area contributed by atoms with E-state index >= 15 is 0 Å². The number of thioether (sulfide) groups is 1. The quantitative estimate of drug-likeness (QED) is 0.741. The molecular weight excluding hydrogens is 240 g/mol. The highest BCUT2D eigenvalue weighted by atomic mass is 35.5. The molecule has 0 aromatic heterocycles. The van der Waals surface area contributed by atoms with Crippen molar-refractivity contribution in [2.75, 3.05) is 5.75 Å². The molecule has 0 spiro atoms. The number of carbonyl (C=O) groups excluding carboxylic acids is 1. The van der Waals surface area contributed by atoms with Crippen LogP contribution in [0, 0.1) is 0 Å². The zero-order valence-corrected chi connectivity index (χ0v) is 11.1. The van der Waals surface area contributed by atoms with Crippen LogP contribution in [-0.4, -0.2) is 10.9 Å². The van der Waals surface area contributed by atoms with Gasteiger partial charge in [0.1, 0.15) is 0 Å². The molecule has 0 aliphatic carbocycles. The van der Waals surface area contributed by atoms with Crippen LogP contribution in [-0.2, 0) is 4.79 Å². The number of rotatable bonds is 4. The Balaban J connectivity index is 2.77. The number of hydrogen-bond acceptors (Lipinski definition) is 2. The van der Waals surface area contributed by atoms with Gasteiger partial charge in [-0.05, 0) is 31.1 Å². The molecule has 86 valence electrons. The third kappa shape index (κ3) is 4.03. The van der Waals surface area contributed by atoms with E-state index < -0.39 is 0 Å². The van der Waals surface area contributed by atoms with Crippen LogP contribution in [0.5, 0.6) is 0 Å². The molecule has 0 amide bonds. The van der Waals surface area contributed by atoms with Crippen molar-refractivity contribution in [3.05, 3.63) is 40.4 Å². The minimum Gasteiger partial charge on any atom is -0.282 e. The molecule has 0 N–H and O–H groups in total. The Morgan fingerprint density at radius 2 is 2.12 bits per heavy atom. The molecule has 16 heavy (non-hydrogen) atoms. The highest BCUT2D eigenvalue weighted by Crippen LogP contribution is 2.20. The van der Waals surface area contributed by atoms with E-state index in [0.717, 1.165) is 23.3 Å². The van der Waals surface area contributed by atoms with Crippen molar-refractivity contribution in [3.63, 3.8) is 0 Å². The van der Waals surface area contributed by atoms with Gasteiger partial charge in [0, 0.05) is 16.3 Å². The van der Waals surface area contributed by atoms with Crippen molar-refractivity contribution in [2.24, 2.45) is 0 Å². The summed E-state index contributed by atoms with van der Waals surface area (Å²) in [5.74, 6) is 0.868. The summed E-state index contributed by atoms with van der Waals surface area (Å²) in [5.41, 5.74) is 1.64. The summed E-state index contributed by atoms with van der Waals surface area (Å²) >= 11 is 7.37. The second-order valence-corrected chi connectivity index (χ2v) is 4.96. The number of hydrogen-bond donors (Lipinski definition) is 0. The first-order valence-corrected chi connectivity index (χ1v) is 6.61. The summed E-state index contributed by atoms with van der Waals surface area (Å²) in [4.78, 5) is 11.7. The van der Waals surface area contributed by atoms with Gasteiger partial charge in [0.25, 0.3) is 0 Å². The average Bonchev–Trinajstić information content (AvgIpc) is 2.28. The van der Waals surface area contributed by atoms with Gasteiger partial charge in [0.15, 0.2) is 0 Å². The van der Waals surface area contributed by atoms with Crippen LogP contribution in [0.1, 0.15) is 25.8 Å². The minimum absolute atomic E-state index is 0.127. The standard InChI is InChI=1S/C13H15ClOS/c1-3-8-16-13(15)10(2)9-11-6-4-5-7-12(11)14/h4-7,9H,3,8H2,1-2H3/b10-9+. The van der Waals surface area contributed by atoms with Crippen LogP contribution in [0.3, 0.4) is 0 Å². The lowest BCUT2D eigenvalue weighted by Gasteiger charge is -2.01. The lowest BCUT2D eigenvalue weighted by Crippen LogP contribution is -1.94. The summed E-state index contributed by atoms with van der Waals surface area (Å²) in [6.07, 6.45) is 2.85. The Bertz CT molecular complexity index is 399. The molecule has 0 heterocycles. The normalized spacial score (nSPS) is 11.6. The zero-order chi connectivity index (χ0) is 12.0. The predicted octanol–water partition coefficient (Wildman–Crippen LogP) is 4.41. The van der Waals surface area contributed by atoms with Gasteiger partial charge in [0.2, 0.25) is 5.12 Å². The van der Waals surface area contributed by atoms with E-state index in [2.05, 4.69) is 6.92 Å². The Labute approximate surface area is 106 Å². The SMILES string of the molecule is CCCSC(=O)/C(C)=C/c1ccccc1Cl. The molecule has 1 aromatic rings. The summed E-state index contributed by atoms with van der Waals surface area (Å²) in [7, 11) is 0.